The molecule has 1 N–H and O–H groups in total. The zero-order chi connectivity index (χ0) is 12.9. The number of nitrogens with zero attached hydrogens (tertiary/aromatic N) is 1. The van der Waals surface area contributed by atoms with Crippen molar-refractivity contribution in [1.29, 1.82) is 5.26 Å². The zero-order valence-corrected chi connectivity index (χ0v) is 11.3. The Balaban J connectivity index is 2.57. The number of carbonyl (C=O) groups excluding carboxylic acids is 1. The lowest BCUT2D eigenvalue weighted by Crippen LogP contribution is -2.46. The van der Waals surface area contributed by atoms with Gasteiger partial charge in [-0.3, -0.25) is 4.79 Å². The van der Waals surface area contributed by atoms with E-state index in [1.807, 2.05) is 0 Å². The molecule has 1 fully saturated rings. The molecule has 96 valence electrons. The van der Waals surface area contributed by atoms with Gasteiger partial charge in [0.05, 0.1) is 6.07 Å². The summed E-state index contributed by atoms with van der Waals surface area (Å²) in [4.78, 5) is 12.0. The largest absolute Gasteiger partial charge is 0.352 e. The summed E-state index contributed by atoms with van der Waals surface area (Å²) in [5.41, 5.74) is -0.915. The second kappa shape index (κ2) is 6.05. The predicted molar refractivity (Wildman–Crippen MR) is 68.2 cm³/mol. The van der Waals surface area contributed by atoms with Crippen LogP contribution in [0.15, 0.2) is 0 Å². The van der Waals surface area contributed by atoms with Gasteiger partial charge in [-0.05, 0) is 39.0 Å². The van der Waals surface area contributed by atoms with Crippen LogP contribution in [-0.2, 0) is 4.79 Å². The van der Waals surface area contributed by atoms with E-state index in [2.05, 4.69) is 18.3 Å². The van der Waals surface area contributed by atoms with E-state index in [4.69, 9.17) is 5.26 Å². The zero-order valence-electron chi connectivity index (χ0n) is 11.3. The summed E-state index contributed by atoms with van der Waals surface area (Å²) >= 11 is 0. The molecule has 1 aliphatic carbocycles. The number of rotatable bonds is 4. The highest BCUT2D eigenvalue weighted by molar-refractivity contribution is 5.84. The first kappa shape index (κ1) is 14.0. The molecule has 0 aliphatic heterocycles. The number of nitriles is 1. The molecule has 17 heavy (non-hydrogen) atoms. The average Bonchev–Trinajstić information content (AvgIpc) is 2.36. The van der Waals surface area contributed by atoms with Gasteiger partial charge in [0, 0.05) is 6.04 Å². The quantitative estimate of drug-likeness (QED) is 0.815. The van der Waals surface area contributed by atoms with Crippen molar-refractivity contribution in [2.24, 2.45) is 11.3 Å². The second-order valence-electron chi connectivity index (χ2n) is 5.62. The number of hydrogen-bond donors (Lipinski definition) is 1. The standard InChI is InChI=1S/C14H24N2O/c1-4-12(11-8-6-5-7-9-11)16-13(17)14(2,3)10-15/h11-12H,4-9H2,1-3H3,(H,16,17). The summed E-state index contributed by atoms with van der Waals surface area (Å²) in [6.45, 7) is 5.46. The van der Waals surface area contributed by atoms with Crippen LogP contribution < -0.4 is 5.32 Å². The molecule has 1 saturated carbocycles. The minimum atomic E-state index is -0.915. The van der Waals surface area contributed by atoms with Crippen LogP contribution in [0.3, 0.4) is 0 Å². The van der Waals surface area contributed by atoms with Crippen LogP contribution in [0.4, 0.5) is 0 Å². The van der Waals surface area contributed by atoms with Crippen molar-refractivity contribution >= 4 is 5.91 Å². The minimum Gasteiger partial charge on any atom is -0.352 e. The molecule has 0 aromatic rings. The predicted octanol–water partition coefficient (Wildman–Crippen LogP) is 3.01. The Morgan fingerprint density at radius 2 is 2.00 bits per heavy atom. The highest BCUT2D eigenvalue weighted by Gasteiger charge is 2.31. The van der Waals surface area contributed by atoms with E-state index < -0.39 is 5.41 Å². The molecule has 0 aromatic carbocycles. The number of hydrogen-bond acceptors (Lipinski definition) is 2. The normalized spacial score (nSPS) is 19.4. The molecule has 1 aliphatic rings. The van der Waals surface area contributed by atoms with Gasteiger partial charge in [-0.1, -0.05) is 26.2 Å². The average molecular weight is 236 g/mol. The molecule has 3 heteroatoms. The molecule has 1 amide bonds. The Kier molecular flexibility index (Phi) is 4.99. The van der Waals surface area contributed by atoms with Crippen LogP contribution in [0.25, 0.3) is 0 Å². The maximum atomic E-state index is 12.0. The fourth-order valence-corrected chi connectivity index (χ4v) is 2.49. The van der Waals surface area contributed by atoms with E-state index in [-0.39, 0.29) is 11.9 Å². The summed E-state index contributed by atoms with van der Waals surface area (Å²) in [6, 6.07) is 2.31. The number of nitrogens with one attached hydrogen (secondary N) is 1. The lowest BCUT2D eigenvalue weighted by Gasteiger charge is -2.31. The van der Waals surface area contributed by atoms with E-state index >= 15 is 0 Å². The molecule has 0 aromatic heterocycles. The second-order valence-corrected chi connectivity index (χ2v) is 5.62. The van der Waals surface area contributed by atoms with Crippen LogP contribution in [0.1, 0.15) is 59.3 Å². The Morgan fingerprint density at radius 3 is 2.47 bits per heavy atom. The molecule has 0 bridgehead atoms. The van der Waals surface area contributed by atoms with Crippen LogP contribution in [0, 0.1) is 22.7 Å². The van der Waals surface area contributed by atoms with Gasteiger partial charge in [0.1, 0.15) is 5.41 Å². The van der Waals surface area contributed by atoms with Gasteiger partial charge in [0.25, 0.3) is 0 Å². The molecule has 0 heterocycles. The maximum Gasteiger partial charge on any atom is 0.240 e. The first-order valence-corrected chi connectivity index (χ1v) is 6.73. The minimum absolute atomic E-state index is 0.127. The molecule has 3 nitrogen and oxygen atoms in total. The fraction of sp³-hybridized carbons (Fsp3) is 0.857. The Hall–Kier alpha value is -1.04. The maximum absolute atomic E-state index is 12.0. The van der Waals surface area contributed by atoms with Crippen molar-refractivity contribution in [2.45, 2.75) is 65.3 Å². The summed E-state index contributed by atoms with van der Waals surface area (Å²) in [5.74, 6) is 0.476. The third-order valence-electron chi connectivity index (χ3n) is 3.82. The van der Waals surface area contributed by atoms with Crippen LogP contribution in [0.5, 0.6) is 0 Å². The van der Waals surface area contributed by atoms with E-state index in [1.54, 1.807) is 13.8 Å². The summed E-state index contributed by atoms with van der Waals surface area (Å²) in [7, 11) is 0. The van der Waals surface area contributed by atoms with Crippen molar-refractivity contribution in [2.75, 3.05) is 0 Å². The number of amides is 1. The first-order valence-electron chi connectivity index (χ1n) is 6.73. The van der Waals surface area contributed by atoms with Gasteiger partial charge in [0.15, 0.2) is 0 Å². The molecular formula is C14H24N2O. The third kappa shape index (κ3) is 3.73. The topological polar surface area (TPSA) is 52.9 Å². The molecule has 0 saturated heterocycles. The highest BCUT2D eigenvalue weighted by Crippen LogP contribution is 2.28. The van der Waals surface area contributed by atoms with Crippen LogP contribution in [-0.4, -0.2) is 11.9 Å². The molecule has 1 unspecified atom stereocenters. The summed E-state index contributed by atoms with van der Waals surface area (Å²) in [5, 5.41) is 12.0. The molecular weight excluding hydrogens is 212 g/mol. The van der Waals surface area contributed by atoms with E-state index in [0.717, 1.165) is 6.42 Å². The van der Waals surface area contributed by atoms with Crippen molar-refractivity contribution in [3.63, 3.8) is 0 Å². The number of carbonyl (C=O) groups is 1. The highest BCUT2D eigenvalue weighted by atomic mass is 16.2. The van der Waals surface area contributed by atoms with Crippen molar-refractivity contribution in [3.05, 3.63) is 0 Å². The Labute approximate surface area is 105 Å². The summed E-state index contributed by atoms with van der Waals surface area (Å²) < 4.78 is 0. The van der Waals surface area contributed by atoms with Gasteiger partial charge in [0.2, 0.25) is 5.91 Å². The van der Waals surface area contributed by atoms with Crippen molar-refractivity contribution in [1.82, 2.24) is 5.32 Å². The van der Waals surface area contributed by atoms with Crippen LogP contribution >= 0.6 is 0 Å². The third-order valence-corrected chi connectivity index (χ3v) is 3.82. The van der Waals surface area contributed by atoms with Gasteiger partial charge in [-0.25, -0.2) is 0 Å². The van der Waals surface area contributed by atoms with E-state index in [0.29, 0.717) is 5.92 Å². The van der Waals surface area contributed by atoms with Crippen LogP contribution in [0.2, 0.25) is 0 Å². The van der Waals surface area contributed by atoms with E-state index in [1.165, 1.54) is 32.1 Å². The fourth-order valence-electron chi connectivity index (χ4n) is 2.49. The van der Waals surface area contributed by atoms with Gasteiger partial charge >= 0.3 is 0 Å². The lowest BCUT2D eigenvalue weighted by molar-refractivity contribution is -0.128. The first-order chi connectivity index (χ1) is 8.01. The smallest absolute Gasteiger partial charge is 0.240 e. The monoisotopic (exact) mass is 236 g/mol. The Morgan fingerprint density at radius 1 is 1.41 bits per heavy atom. The SMILES string of the molecule is CCC(NC(=O)C(C)(C)C#N)C1CCCCC1. The Bertz CT molecular complexity index is 298. The molecule has 1 atom stereocenters. The van der Waals surface area contributed by atoms with Crippen molar-refractivity contribution in [3.8, 4) is 6.07 Å². The van der Waals surface area contributed by atoms with Gasteiger partial charge in [-0.15, -0.1) is 0 Å². The van der Waals surface area contributed by atoms with E-state index in [9.17, 15) is 4.79 Å². The van der Waals surface area contributed by atoms with Crippen molar-refractivity contribution < 1.29 is 4.79 Å². The summed E-state index contributed by atoms with van der Waals surface area (Å²) in [6.07, 6.45) is 7.26. The lowest BCUT2D eigenvalue weighted by atomic mass is 9.82. The molecule has 0 radical (unpaired) electrons. The molecule has 0 spiro atoms. The van der Waals surface area contributed by atoms with Gasteiger partial charge in [-0.2, -0.15) is 5.26 Å². The molecule has 1 rings (SSSR count). The van der Waals surface area contributed by atoms with Gasteiger partial charge < -0.3 is 5.32 Å².